The van der Waals surface area contributed by atoms with Gasteiger partial charge in [0.05, 0.1) is 23.1 Å². The van der Waals surface area contributed by atoms with E-state index in [2.05, 4.69) is 10.0 Å². The van der Waals surface area contributed by atoms with Gasteiger partial charge >= 0.3 is 0 Å². The smallest absolute Gasteiger partial charge is 0.280 e. The van der Waals surface area contributed by atoms with Gasteiger partial charge in [0.15, 0.2) is 0 Å². The molecule has 0 radical (unpaired) electrons. The van der Waals surface area contributed by atoms with Gasteiger partial charge in [-0.05, 0) is 55.3 Å². The Morgan fingerprint density at radius 2 is 1.81 bits per heavy atom. The molecule has 0 bridgehead atoms. The largest absolute Gasteiger partial charge is 0.507 e. The number of phenols is 1. The highest BCUT2D eigenvalue weighted by molar-refractivity contribution is 7.89. The van der Waals surface area contributed by atoms with E-state index in [4.69, 9.17) is 5.26 Å². The molecule has 3 N–H and O–H groups in total. The van der Waals surface area contributed by atoms with Gasteiger partial charge in [-0.25, -0.2) is 13.1 Å². The quantitative estimate of drug-likeness (QED) is 0.362. The summed E-state index contributed by atoms with van der Waals surface area (Å²) in [5.74, 6) is 1.10. The third-order valence-electron chi connectivity index (χ3n) is 5.29. The summed E-state index contributed by atoms with van der Waals surface area (Å²) in [6, 6.07) is 19.0. The van der Waals surface area contributed by atoms with E-state index in [-0.39, 0.29) is 17.2 Å². The minimum atomic E-state index is -3.62. The monoisotopic (exact) mass is 447 g/mol. The Kier molecular flexibility index (Phi) is 5.95. The molecule has 1 aromatic heterocycles. The van der Waals surface area contributed by atoms with Crippen molar-refractivity contribution < 1.29 is 17.8 Å². The van der Waals surface area contributed by atoms with Crippen LogP contribution in [-0.2, 0) is 10.0 Å². The van der Waals surface area contributed by atoms with Gasteiger partial charge in [-0.15, -0.1) is 0 Å². The fraction of sp³-hybridized carbons (Fsp3) is 0.167. The topological polar surface area (TPSA) is 108 Å². The lowest BCUT2D eigenvalue weighted by Crippen LogP contribution is -2.48. The molecular formula is C24H23N4O3S+. The second kappa shape index (κ2) is 8.83. The molecule has 32 heavy (non-hydrogen) atoms. The summed E-state index contributed by atoms with van der Waals surface area (Å²) >= 11 is 0. The molecule has 0 saturated carbocycles. The van der Waals surface area contributed by atoms with Crippen LogP contribution >= 0.6 is 0 Å². The van der Waals surface area contributed by atoms with Crippen molar-refractivity contribution in [2.45, 2.75) is 18.2 Å². The highest BCUT2D eigenvalue weighted by Gasteiger charge is 2.17. The van der Waals surface area contributed by atoms with E-state index in [1.54, 1.807) is 12.1 Å². The molecule has 3 aromatic rings. The zero-order valence-electron chi connectivity index (χ0n) is 17.5. The Hall–Kier alpha value is -3.67. The summed E-state index contributed by atoms with van der Waals surface area (Å²) in [6.07, 6.45) is 2.61. The number of nitrogens with zero attached hydrogens (tertiary/aromatic N) is 2. The van der Waals surface area contributed by atoms with Crippen LogP contribution < -0.4 is 19.6 Å². The summed E-state index contributed by atoms with van der Waals surface area (Å²) in [5, 5.41) is 23.5. The maximum Gasteiger partial charge on any atom is 0.280 e. The molecule has 162 valence electrons. The Labute approximate surface area is 186 Å². The van der Waals surface area contributed by atoms with Gasteiger partial charge < -0.3 is 5.11 Å². The van der Waals surface area contributed by atoms with Crippen molar-refractivity contribution in [3.05, 3.63) is 77.8 Å². The minimum absolute atomic E-state index is 0.136. The highest BCUT2D eigenvalue weighted by atomic mass is 32.2. The number of nitriles is 1. The number of fused-ring (bicyclic) bond motifs is 1. The average molecular weight is 448 g/mol. The molecule has 0 atom stereocenters. The summed E-state index contributed by atoms with van der Waals surface area (Å²) in [6.45, 7) is 2.87. The van der Waals surface area contributed by atoms with Crippen LogP contribution in [0.3, 0.4) is 0 Å². The van der Waals surface area contributed by atoms with Crippen molar-refractivity contribution in [3.8, 4) is 22.9 Å². The summed E-state index contributed by atoms with van der Waals surface area (Å²) in [5.41, 5.74) is 3.23. The van der Waals surface area contributed by atoms with Crippen molar-refractivity contribution >= 4 is 21.4 Å². The third-order valence-corrected chi connectivity index (χ3v) is 6.77. The first kappa shape index (κ1) is 21.6. The maximum atomic E-state index is 12.4. The van der Waals surface area contributed by atoms with Gasteiger partial charge in [0.2, 0.25) is 10.0 Å². The van der Waals surface area contributed by atoms with Crippen LogP contribution in [0.15, 0.2) is 65.6 Å². The van der Waals surface area contributed by atoms with E-state index in [9.17, 15) is 13.5 Å². The number of rotatable bonds is 8. The Morgan fingerprint density at radius 3 is 2.50 bits per heavy atom. The zero-order chi connectivity index (χ0) is 22.7. The van der Waals surface area contributed by atoms with Crippen LogP contribution in [-0.4, -0.2) is 26.6 Å². The first-order valence-corrected chi connectivity index (χ1v) is 11.7. The Balaban J connectivity index is 1.41. The molecule has 0 unspecified atom stereocenters. The van der Waals surface area contributed by atoms with Crippen LogP contribution in [0.5, 0.6) is 5.75 Å². The number of aromatic hydroxyl groups is 1. The second-order valence-corrected chi connectivity index (χ2v) is 9.29. The van der Waals surface area contributed by atoms with Gasteiger partial charge in [-0.3, -0.25) is 5.32 Å². The highest BCUT2D eigenvalue weighted by Crippen LogP contribution is 2.28. The maximum absolute atomic E-state index is 12.4. The van der Waals surface area contributed by atoms with Gasteiger partial charge in [-0.2, -0.15) is 9.50 Å². The molecule has 2 heterocycles. The molecule has 0 fully saturated rings. The lowest BCUT2D eigenvalue weighted by Gasteiger charge is -2.11. The van der Waals surface area contributed by atoms with Gasteiger partial charge in [0.1, 0.15) is 17.3 Å². The molecule has 0 aliphatic carbocycles. The number of sulfonamides is 1. The summed E-state index contributed by atoms with van der Waals surface area (Å²) in [4.78, 5) is 0.136. The molecule has 7 nitrogen and oxygen atoms in total. The predicted octanol–water partition coefficient (Wildman–Crippen LogP) is 2.19. The number of hydrogen-bond donors (Lipinski definition) is 3. The van der Waals surface area contributed by atoms with Crippen molar-refractivity contribution in [3.63, 3.8) is 0 Å². The van der Waals surface area contributed by atoms with Crippen LogP contribution in [0.1, 0.15) is 18.9 Å². The zero-order valence-corrected chi connectivity index (χ0v) is 18.4. The van der Waals surface area contributed by atoms with E-state index >= 15 is 0 Å². The number of anilines is 1. The molecule has 0 amide bonds. The summed E-state index contributed by atoms with van der Waals surface area (Å²) in [7, 11) is -3.62. The number of nitrogens with one attached hydrogen (secondary N) is 2. The van der Waals surface area contributed by atoms with Crippen LogP contribution in [0.25, 0.3) is 16.7 Å². The number of para-hydroxylation sites is 1. The van der Waals surface area contributed by atoms with Crippen LogP contribution in [0.2, 0.25) is 0 Å². The van der Waals surface area contributed by atoms with Gasteiger partial charge in [0.25, 0.3) is 5.82 Å². The molecule has 0 spiro atoms. The van der Waals surface area contributed by atoms with E-state index in [1.807, 2.05) is 47.7 Å². The SMILES string of the molecule is CC1=c2cc(-c3ccccc3O)cc(NCCCNS(=O)(=O)c3ccc(C#N)cc3)[n+]2=C1. The van der Waals surface area contributed by atoms with Crippen molar-refractivity contribution in [1.29, 1.82) is 5.26 Å². The van der Waals surface area contributed by atoms with Crippen LogP contribution in [0, 0.1) is 17.5 Å². The van der Waals surface area contributed by atoms with Crippen LogP contribution in [0.4, 0.5) is 5.82 Å². The van der Waals surface area contributed by atoms with Crippen molar-refractivity contribution in [2.75, 3.05) is 18.4 Å². The third kappa shape index (κ3) is 4.35. The van der Waals surface area contributed by atoms with Crippen molar-refractivity contribution in [2.24, 2.45) is 0 Å². The molecule has 4 rings (SSSR count). The predicted molar refractivity (Wildman–Crippen MR) is 122 cm³/mol. The molecule has 8 heteroatoms. The second-order valence-electron chi connectivity index (χ2n) is 7.53. The lowest BCUT2D eigenvalue weighted by molar-refractivity contribution is -0.519. The minimum Gasteiger partial charge on any atom is -0.507 e. The van der Waals surface area contributed by atoms with Gasteiger partial charge in [-0.1, -0.05) is 18.2 Å². The number of benzene rings is 2. The average Bonchev–Trinajstić information content (AvgIpc) is 2.79. The number of phenolic OH excluding ortho intramolecular Hbond substituents is 1. The van der Waals surface area contributed by atoms with E-state index in [1.165, 1.54) is 24.3 Å². The number of aromatic nitrogens is 1. The molecular weight excluding hydrogens is 424 g/mol. The normalized spacial score (nSPS) is 12.3. The first-order chi connectivity index (χ1) is 15.4. The first-order valence-electron chi connectivity index (χ1n) is 10.2. The fourth-order valence-electron chi connectivity index (χ4n) is 3.55. The molecule has 0 saturated heterocycles. The standard InChI is InChI=1S/C24H22N4O3S/c1-17-16-28-22(17)13-19(21-5-2-3-6-23(21)29)14-24(28)26-11-4-12-27-32(30,31)20-9-7-18(15-25)8-10-20/h2-3,5-10,13-14,16,27H,4,11-12H2,1H3,(H,26,29)/p+1. The summed E-state index contributed by atoms with van der Waals surface area (Å²) < 4.78 is 29.4. The molecule has 2 aromatic carbocycles. The van der Waals surface area contributed by atoms with E-state index in [0.29, 0.717) is 18.5 Å². The Bertz CT molecular complexity index is 1440. The Morgan fingerprint density at radius 1 is 1.06 bits per heavy atom. The fourth-order valence-corrected chi connectivity index (χ4v) is 4.63. The number of hydrogen-bond acceptors (Lipinski definition) is 5. The van der Waals surface area contributed by atoms with E-state index < -0.39 is 10.0 Å². The van der Waals surface area contributed by atoms with E-state index in [0.717, 1.165) is 27.9 Å². The number of pyridine rings is 1. The van der Waals surface area contributed by atoms with Gasteiger partial charge in [0, 0.05) is 23.7 Å². The molecule has 1 aliphatic rings. The lowest BCUT2D eigenvalue weighted by atomic mass is 10.0. The molecule has 1 aliphatic heterocycles. The van der Waals surface area contributed by atoms with Crippen molar-refractivity contribution in [1.82, 2.24) is 4.72 Å².